The van der Waals surface area contributed by atoms with Crippen LogP contribution < -0.4 is 14.8 Å². The lowest BCUT2D eigenvalue weighted by molar-refractivity contribution is -0.133. The van der Waals surface area contributed by atoms with Crippen LogP contribution in [0.4, 0.5) is 10.5 Å². The van der Waals surface area contributed by atoms with Crippen LogP contribution in [0.25, 0.3) is 10.8 Å². The van der Waals surface area contributed by atoms with Gasteiger partial charge in [-0.15, -0.1) is 0 Å². The molecule has 3 amide bonds. The second kappa shape index (κ2) is 11.3. The van der Waals surface area contributed by atoms with Gasteiger partial charge < -0.3 is 29.0 Å². The third kappa shape index (κ3) is 5.91. The summed E-state index contributed by atoms with van der Waals surface area (Å²) < 4.78 is 16.5. The van der Waals surface area contributed by atoms with E-state index in [1.54, 1.807) is 22.1 Å². The molecule has 0 saturated heterocycles. The van der Waals surface area contributed by atoms with Crippen LogP contribution in [0, 0.1) is 5.92 Å². The SMILES string of the molecule is CC(C)CN(CC(=O)N(Cc1ccc2c(c1)OCO2)Cc1ccco1)C(=O)Nc1cccc2ccccc12. The summed E-state index contributed by atoms with van der Waals surface area (Å²) in [6, 6.07) is 22.6. The lowest BCUT2D eigenvalue weighted by Gasteiger charge is -2.28. The Balaban J connectivity index is 1.35. The minimum absolute atomic E-state index is 0.0694. The minimum atomic E-state index is -0.315. The molecule has 0 bridgehead atoms. The molecule has 0 radical (unpaired) electrons. The van der Waals surface area contributed by atoms with Crippen LogP contribution in [0.5, 0.6) is 11.5 Å². The summed E-state index contributed by atoms with van der Waals surface area (Å²) in [6.07, 6.45) is 1.58. The highest BCUT2D eigenvalue weighted by Crippen LogP contribution is 2.33. The van der Waals surface area contributed by atoms with E-state index in [9.17, 15) is 9.59 Å². The molecule has 0 fully saturated rings. The van der Waals surface area contributed by atoms with Gasteiger partial charge in [0.05, 0.1) is 18.5 Å². The molecule has 2 heterocycles. The fraction of sp³-hybridized carbons (Fsp3) is 0.267. The van der Waals surface area contributed by atoms with Gasteiger partial charge >= 0.3 is 6.03 Å². The number of furan rings is 1. The molecule has 196 valence electrons. The maximum Gasteiger partial charge on any atom is 0.322 e. The summed E-state index contributed by atoms with van der Waals surface area (Å²) in [7, 11) is 0. The molecule has 38 heavy (non-hydrogen) atoms. The molecule has 0 spiro atoms. The van der Waals surface area contributed by atoms with Crippen LogP contribution in [0.1, 0.15) is 25.2 Å². The number of carbonyl (C=O) groups excluding carboxylic acids is 2. The van der Waals surface area contributed by atoms with Crippen molar-refractivity contribution in [2.75, 3.05) is 25.2 Å². The number of nitrogens with zero attached hydrogens (tertiary/aromatic N) is 2. The highest BCUT2D eigenvalue weighted by Gasteiger charge is 2.24. The third-order valence-corrected chi connectivity index (χ3v) is 6.32. The molecule has 1 aromatic heterocycles. The number of anilines is 1. The summed E-state index contributed by atoms with van der Waals surface area (Å²) in [5.74, 6) is 1.99. The molecular weight excluding hydrogens is 482 g/mol. The summed E-state index contributed by atoms with van der Waals surface area (Å²) in [5.41, 5.74) is 1.60. The van der Waals surface area contributed by atoms with Gasteiger partial charge in [0.1, 0.15) is 12.3 Å². The van der Waals surface area contributed by atoms with Crippen LogP contribution in [-0.4, -0.2) is 41.6 Å². The molecule has 1 N–H and O–H groups in total. The van der Waals surface area contributed by atoms with Gasteiger partial charge in [-0.3, -0.25) is 4.79 Å². The van der Waals surface area contributed by atoms with E-state index in [4.69, 9.17) is 13.9 Å². The number of nitrogens with one attached hydrogen (secondary N) is 1. The molecule has 3 aromatic carbocycles. The Kier molecular flexibility index (Phi) is 7.49. The predicted octanol–water partition coefficient (Wildman–Crippen LogP) is 5.88. The number of ether oxygens (including phenoxy) is 2. The Bertz CT molecular complexity index is 1410. The van der Waals surface area contributed by atoms with E-state index in [-0.39, 0.29) is 37.7 Å². The monoisotopic (exact) mass is 513 g/mol. The van der Waals surface area contributed by atoms with Gasteiger partial charge in [0.15, 0.2) is 11.5 Å². The number of hydrogen-bond acceptors (Lipinski definition) is 5. The molecule has 0 aliphatic carbocycles. The zero-order valence-corrected chi connectivity index (χ0v) is 21.6. The lowest BCUT2D eigenvalue weighted by Crippen LogP contribution is -2.45. The van der Waals surface area contributed by atoms with Gasteiger partial charge in [-0.2, -0.15) is 0 Å². The number of carbonyl (C=O) groups is 2. The number of benzene rings is 3. The Labute approximate surface area is 221 Å². The summed E-state index contributed by atoms with van der Waals surface area (Å²) in [6.45, 7) is 5.20. The molecule has 8 nitrogen and oxygen atoms in total. The molecule has 1 aliphatic rings. The van der Waals surface area contributed by atoms with Gasteiger partial charge in [-0.25, -0.2) is 4.79 Å². The smallest absolute Gasteiger partial charge is 0.322 e. The molecule has 0 saturated carbocycles. The van der Waals surface area contributed by atoms with Gasteiger partial charge in [0.2, 0.25) is 12.7 Å². The first kappa shape index (κ1) is 25.2. The van der Waals surface area contributed by atoms with Crippen molar-refractivity contribution in [2.45, 2.75) is 26.9 Å². The average Bonchev–Trinajstić information content (AvgIpc) is 3.59. The van der Waals surface area contributed by atoms with Crippen LogP contribution in [0.2, 0.25) is 0 Å². The Hall–Kier alpha value is -4.46. The first-order valence-corrected chi connectivity index (χ1v) is 12.7. The van der Waals surface area contributed by atoms with Crippen molar-refractivity contribution in [1.82, 2.24) is 9.80 Å². The second-order valence-electron chi connectivity index (χ2n) is 9.75. The van der Waals surface area contributed by atoms with E-state index >= 15 is 0 Å². The topological polar surface area (TPSA) is 84.2 Å². The predicted molar refractivity (Wildman–Crippen MR) is 145 cm³/mol. The maximum absolute atomic E-state index is 13.7. The highest BCUT2D eigenvalue weighted by molar-refractivity contribution is 6.02. The highest BCUT2D eigenvalue weighted by atomic mass is 16.7. The molecule has 8 heteroatoms. The standard InChI is InChI=1S/C30H31N3O5/c1-21(2)16-33(30(35)31-26-11-5-8-23-7-3-4-10-25(23)26)19-29(34)32(18-24-9-6-14-36-24)17-22-12-13-27-28(15-22)38-20-37-27/h3-15,21H,16-20H2,1-2H3,(H,31,35). The summed E-state index contributed by atoms with van der Waals surface area (Å²) in [4.78, 5) is 30.4. The number of urea groups is 1. The van der Waals surface area contributed by atoms with E-state index < -0.39 is 0 Å². The van der Waals surface area contributed by atoms with Crippen molar-refractivity contribution in [1.29, 1.82) is 0 Å². The van der Waals surface area contributed by atoms with E-state index in [1.807, 2.05) is 80.6 Å². The quantitative estimate of drug-likeness (QED) is 0.302. The number of rotatable bonds is 9. The van der Waals surface area contributed by atoms with Crippen molar-refractivity contribution in [2.24, 2.45) is 5.92 Å². The Morgan fingerprint density at radius 2 is 1.71 bits per heavy atom. The van der Waals surface area contributed by atoms with Gasteiger partial charge in [0, 0.05) is 18.5 Å². The van der Waals surface area contributed by atoms with Gasteiger partial charge in [-0.05, 0) is 47.2 Å². The van der Waals surface area contributed by atoms with E-state index in [2.05, 4.69) is 5.32 Å². The van der Waals surface area contributed by atoms with Crippen molar-refractivity contribution < 1.29 is 23.5 Å². The van der Waals surface area contributed by atoms with Crippen molar-refractivity contribution >= 4 is 28.4 Å². The number of fused-ring (bicyclic) bond motifs is 2. The number of amides is 3. The molecule has 4 aromatic rings. The Morgan fingerprint density at radius 3 is 2.53 bits per heavy atom. The summed E-state index contributed by atoms with van der Waals surface area (Å²) in [5, 5.41) is 5.00. The zero-order valence-electron chi connectivity index (χ0n) is 21.6. The van der Waals surface area contributed by atoms with Gasteiger partial charge in [0.25, 0.3) is 0 Å². The number of hydrogen-bond donors (Lipinski definition) is 1. The molecular formula is C30H31N3O5. The minimum Gasteiger partial charge on any atom is -0.467 e. The van der Waals surface area contributed by atoms with Crippen LogP contribution in [0.15, 0.2) is 83.5 Å². The Morgan fingerprint density at radius 1 is 0.895 bits per heavy atom. The van der Waals surface area contributed by atoms with Crippen molar-refractivity contribution in [3.05, 3.63) is 90.4 Å². The average molecular weight is 514 g/mol. The van der Waals surface area contributed by atoms with Crippen LogP contribution in [-0.2, 0) is 17.9 Å². The normalized spacial score (nSPS) is 12.1. The summed E-state index contributed by atoms with van der Waals surface area (Å²) >= 11 is 0. The lowest BCUT2D eigenvalue weighted by atomic mass is 10.1. The molecule has 0 atom stereocenters. The first-order valence-electron chi connectivity index (χ1n) is 12.7. The first-order chi connectivity index (χ1) is 18.5. The molecule has 5 rings (SSSR count). The fourth-order valence-electron chi connectivity index (χ4n) is 4.53. The van der Waals surface area contributed by atoms with E-state index in [0.29, 0.717) is 36.0 Å². The van der Waals surface area contributed by atoms with E-state index in [0.717, 1.165) is 16.3 Å². The maximum atomic E-state index is 13.7. The van der Waals surface area contributed by atoms with E-state index in [1.165, 1.54) is 0 Å². The zero-order chi connectivity index (χ0) is 26.5. The van der Waals surface area contributed by atoms with Crippen LogP contribution in [0.3, 0.4) is 0 Å². The van der Waals surface area contributed by atoms with Crippen molar-refractivity contribution in [3.63, 3.8) is 0 Å². The van der Waals surface area contributed by atoms with Gasteiger partial charge in [-0.1, -0.05) is 56.3 Å². The third-order valence-electron chi connectivity index (χ3n) is 6.32. The second-order valence-corrected chi connectivity index (χ2v) is 9.75. The van der Waals surface area contributed by atoms with Crippen LogP contribution >= 0.6 is 0 Å². The van der Waals surface area contributed by atoms with Crippen molar-refractivity contribution in [3.8, 4) is 11.5 Å². The fourth-order valence-corrected chi connectivity index (χ4v) is 4.53. The molecule has 1 aliphatic heterocycles. The molecule has 0 unspecified atom stereocenters. The largest absolute Gasteiger partial charge is 0.467 e.